The minimum atomic E-state index is -0.856. The Morgan fingerprint density at radius 2 is 1.73 bits per heavy atom. The standard InChI is InChI=1S/C24H22ClN5O3/c1-13(2)15-6-10-18(11-7-15)30-23(31)20-21(24(30)32)29(28-27-20)12-19-14(3)33-22(26-19)16-4-8-17(25)9-5-16/h4-11,13,20-21H,12H2,1-3H3/t20-,21-/m1/s1. The Morgan fingerprint density at radius 3 is 2.39 bits per heavy atom. The van der Waals surface area contributed by atoms with Gasteiger partial charge in [-0.05, 0) is 54.8 Å². The highest BCUT2D eigenvalue weighted by atomic mass is 35.5. The lowest BCUT2D eigenvalue weighted by atomic mass is 10.0. The third-order valence-corrected chi connectivity index (χ3v) is 6.22. The maximum absolute atomic E-state index is 13.2. The fourth-order valence-corrected chi connectivity index (χ4v) is 4.19. The number of carbonyl (C=O) groups excluding carboxylic acids is 2. The van der Waals surface area contributed by atoms with Crippen LogP contribution in [0.4, 0.5) is 5.69 Å². The molecule has 1 saturated heterocycles. The molecule has 0 saturated carbocycles. The van der Waals surface area contributed by atoms with E-state index >= 15 is 0 Å². The van der Waals surface area contributed by atoms with E-state index in [1.54, 1.807) is 31.2 Å². The first-order valence-electron chi connectivity index (χ1n) is 10.7. The minimum absolute atomic E-state index is 0.201. The maximum atomic E-state index is 13.2. The number of oxazole rings is 1. The lowest BCUT2D eigenvalue weighted by Gasteiger charge is -2.20. The van der Waals surface area contributed by atoms with Gasteiger partial charge in [-0.3, -0.25) is 14.6 Å². The van der Waals surface area contributed by atoms with Crippen LogP contribution in [0.1, 0.15) is 36.8 Å². The number of hydrogen-bond donors (Lipinski definition) is 0. The second kappa shape index (κ2) is 8.12. The van der Waals surface area contributed by atoms with Crippen molar-refractivity contribution in [2.45, 2.75) is 45.3 Å². The Morgan fingerprint density at radius 1 is 1.03 bits per heavy atom. The van der Waals surface area contributed by atoms with Gasteiger partial charge in [0.05, 0.1) is 12.2 Å². The first kappa shape index (κ1) is 21.3. The Hall–Kier alpha value is -3.52. The Kier molecular flexibility index (Phi) is 5.25. The van der Waals surface area contributed by atoms with Crippen molar-refractivity contribution in [3.8, 4) is 11.5 Å². The molecule has 0 unspecified atom stereocenters. The molecule has 0 bridgehead atoms. The van der Waals surface area contributed by atoms with E-state index in [2.05, 4.69) is 29.2 Å². The van der Waals surface area contributed by atoms with E-state index in [0.29, 0.717) is 34.0 Å². The van der Waals surface area contributed by atoms with Gasteiger partial charge in [0, 0.05) is 10.6 Å². The van der Waals surface area contributed by atoms with Crippen LogP contribution in [0.5, 0.6) is 0 Å². The molecule has 2 atom stereocenters. The number of carbonyl (C=O) groups is 2. The third-order valence-electron chi connectivity index (χ3n) is 5.97. The molecule has 0 radical (unpaired) electrons. The minimum Gasteiger partial charge on any atom is -0.441 e. The summed E-state index contributed by atoms with van der Waals surface area (Å²) in [6.07, 6.45) is 0. The van der Waals surface area contributed by atoms with E-state index in [0.717, 1.165) is 11.1 Å². The van der Waals surface area contributed by atoms with Crippen molar-refractivity contribution in [3.63, 3.8) is 0 Å². The number of benzene rings is 2. The SMILES string of the molecule is Cc1oc(-c2ccc(Cl)cc2)nc1CN1N=N[C@H]2C(=O)N(c3ccc(C(C)C)cc3)C(=O)[C@@H]21. The molecule has 2 amide bonds. The molecule has 2 aliphatic heterocycles. The fraction of sp³-hybridized carbons (Fsp3) is 0.292. The second-order valence-electron chi connectivity index (χ2n) is 8.48. The van der Waals surface area contributed by atoms with Gasteiger partial charge in [0.1, 0.15) is 11.5 Å². The molecule has 1 aromatic heterocycles. The molecular weight excluding hydrogens is 442 g/mol. The fourth-order valence-electron chi connectivity index (χ4n) is 4.06. The van der Waals surface area contributed by atoms with Crippen LogP contribution in [0, 0.1) is 6.92 Å². The number of imide groups is 1. The van der Waals surface area contributed by atoms with Gasteiger partial charge in [-0.15, -0.1) is 0 Å². The molecule has 0 spiro atoms. The number of halogens is 1. The highest BCUT2D eigenvalue weighted by molar-refractivity contribution is 6.30. The van der Waals surface area contributed by atoms with Gasteiger partial charge >= 0.3 is 0 Å². The van der Waals surface area contributed by atoms with Crippen LogP contribution in [0.3, 0.4) is 0 Å². The van der Waals surface area contributed by atoms with Crippen molar-refractivity contribution in [2.24, 2.45) is 10.3 Å². The van der Waals surface area contributed by atoms with Gasteiger partial charge in [0.2, 0.25) is 5.89 Å². The second-order valence-corrected chi connectivity index (χ2v) is 8.92. The molecule has 0 N–H and O–H groups in total. The quantitative estimate of drug-likeness (QED) is 0.501. The maximum Gasteiger partial charge on any atom is 0.263 e. The zero-order valence-electron chi connectivity index (χ0n) is 18.4. The van der Waals surface area contributed by atoms with Crippen molar-refractivity contribution >= 4 is 29.1 Å². The van der Waals surface area contributed by atoms with Crippen LogP contribution in [-0.4, -0.2) is 33.9 Å². The summed E-state index contributed by atoms with van der Waals surface area (Å²) in [7, 11) is 0. The van der Waals surface area contributed by atoms with Gasteiger partial charge in [-0.1, -0.05) is 42.8 Å². The zero-order chi connectivity index (χ0) is 23.3. The smallest absolute Gasteiger partial charge is 0.263 e. The molecule has 9 heteroatoms. The highest BCUT2D eigenvalue weighted by Crippen LogP contribution is 2.34. The molecule has 33 heavy (non-hydrogen) atoms. The molecular formula is C24H22ClN5O3. The van der Waals surface area contributed by atoms with Gasteiger partial charge in [-0.25, -0.2) is 9.88 Å². The average Bonchev–Trinajstić information content (AvgIpc) is 3.45. The first-order valence-corrected chi connectivity index (χ1v) is 11.1. The molecule has 1 fully saturated rings. The Balaban J connectivity index is 1.37. The van der Waals surface area contributed by atoms with Crippen molar-refractivity contribution in [2.75, 3.05) is 4.90 Å². The van der Waals surface area contributed by atoms with Crippen LogP contribution < -0.4 is 4.90 Å². The molecule has 0 aliphatic carbocycles. The molecule has 2 aromatic carbocycles. The van der Waals surface area contributed by atoms with Gasteiger partial charge in [0.15, 0.2) is 12.1 Å². The summed E-state index contributed by atoms with van der Waals surface area (Å²) in [5, 5.41) is 10.3. The van der Waals surface area contributed by atoms with Crippen molar-refractivity contribution < 1.29 is 14.0 Å². The lowest BCUT2D eigenvalue weighted by Crippen LogP contribution is -2.39. The van der Waals surface area contributed by atoms with Gasteiger partial charge in [-0.2, -0.15) is 5.11 Å². The number of anilines is 1. The molecule has 168 valence electrons. The summed E-state index contributed by atoms with van der Waals surface area (Å²) in [5.41, 5.74) is 3.09. The van der Waals surface area contributed by atoms with Gasteiger partial charge in [0.25, 0.3) is 11.8 Å². The van der Waals surface area contributed by atoms with Crippen LogP contribution in [-0.2, 0) is 16.1 Å². The van der Waals surface area contributed by atoms with E-state index < -0.39 is 12.1 Å². The number of nitrogens with zero attached hydrogens (tertiary/aromatic N) is 5. The summed E-state index contributed by atoms with van der Waals surface area (Å²) in [5.74, 6) is 0.707. The van der Waals surface area contributed by atoms with E-state index in [4.69, 9.17) is 16.0 Å². The summed E-state index contributed by atoms with van der Waals surface area (Å²) in [4.78, 5) is 32.0. The number of aromatic nitrogens is 1. The van der Waals surface area contributed by atoms with Crippen LogP contribution in [0.2, 0.25) is 5.02 Å². The van der Waals surface area contributed by atoms with E-state index in [1.165, 1.54) is 9.91 Å². The van der Waals surface area contributed by atoms with E-state index in [-0.39, 0.29) is 18.4 Å². The summed E-state index contributed by atoms with van der Waals surface area (Å²) in [6, 6.07) is 13.0. The van der Waals surface area contributed by atoms with Crippen LogP contribution in [0.25, 0.3) is 11.5 Å². The normalized spacial score (nSPS) is 19.8. The molecule has 2 aliphatic rings. The molecule has 5 rings (SSSR count). The Bertz CT molecular complexity index is 1250. The number of hydrogen-bond acceptors (Lipinski definition) is 7. The lowest BCUT2D eigenvalue weighted by molar-refractivity contribution is -0.123. The predicted molar refractivity (Wildman–Crippen MR) is 123 cm³/mol. The number of aryl methyl sites for hydroxylation is 1. The van der Waals surface area contributed by atoms with Crippen LogP contribution >= 0.6 is 11.6 Å². The number of rotatable bonds is 5. The number of amides is 2. The van der Waals surface area contributed by atoms with E-state index in [1.807, 2.05) is 24.3 Å². The highest BCUT2D eigenvalue weighted by Gasteiger charge is 2.54. The van der Waals surface area contributed by atoms with Crippen molar-refractivity contribution in [1.82, 2.24) is 9.99 Å². The third kappa shape index (κ3) is 3.70. The topological polar surface area (TPSA) is 91.4 Å². The molecule has 3 aromatic rings. The first-order chi connectivity index (χ1) is 15.8. The largest absolute Gasteiger partial charge is 0.441 e. The monoisotopic (exact) mass is 463 g/mol. The van der Waals surface area contributed by atoms with Crippen LogP contribution in [0.15, 0.2) is 63.3 Å². The van der Waals surface area contributed by atoms with Crippen molar-refractivity contribution in [3.05, 3.63) is 70.6 Å². The van der Waals surface area contributed by atoms with Gasteiger partial charge < -0.3 is 4.42 Å². The Labute approximate surface area is 195 Å². The molecule has 3 heterocycles. The van der Waals surface area contributed by atoms with E-state index in [9.17, 15) is 9.59 Å². The summed E-state index contributed by atoms with van der Waals surface area (Å²) >= 11 is 5.96. The zero-order valence-corrected chi connectivity index (χ0v) is 19.2. The summed E-state index contributed by atoms with van der Waals surface area (Å²) in [6.45, 7) is 6.19. The average molecular weight is 464 g/mol. The summed E-state index contributed by atoms with van der Waals surface area (Å²) < 4.78 is 5.82. The predicted octanol–water partition coefficient (Wildman–Crippen LogP) is 4.92. The molecule has 8 nitrogen and oxygen atoms in total. The number of fused-ring (bicyclic) bond motifs is 1. The van der Waals surface area contributed by atoms with Crippen molar-refractivity contribution in [1.29, 1.82) is 0 Å².